The van der Waals surface area contributed by atoms with Crippen LogP contribution >= 0.6 is 11.6 Å². The van der Waals surface area contributed by atoms with E-state index >= 15 is 0 Å². The van der Waals surface area contributed by atoms with Gasteiger partial charge in [0, 0.05) is 41.2 Å². The van der Waals surface area contributed by atoms with Crippen molar-refractivity contribution in [3.8, 4) is 0 Å². The SMILES string of the molecule is NC(=NC(=O)C(F)(F)F)c1ccc2c(c1)C(=O)N(C1CCNC[C@@H]1c1ccc(Cl)cc1)C2. The maximum absolute atomic E-state index is 13.2. The molecule has 2 aliphatic heterocycles. The van der Waals surface area contributed by atoms with Crippen LogP contribution in [0.5, 0.6) is 0 Å². The van der Waals surface area contributed by atoms with E-state index in [1.165, 1.54) is 12.1 Å². The summed E-state index contributed by atoms with van der Waals surface area (Å²) in [6.45, 7) is 1.86. The molecule has 2 heterocycles. The fraction of sp³-hybridized carbons (Fsp3) is 0.318. The van der Waals surface area contributed by atoms with E-state index in [0.717, 1.165) is 24.1 Å². The minimum atomic E-state index is -5.11. The number of alkyl halides is 3. The van der Waals surface area contributed by atoms with Crippen molar-refractivity contribution in [1.29, 1.82) is 0 Å². The lowest BCUT2D eigenvalue weighted by atomic mass is 9.86. The summed E-state index contributed by atoms with van der Waals surface area (Å²) >= 11 is 6.01. The molecule has 0 saturated carbocycles. The molecule has 3 N–H and O–H groups in total. The van der Waals surface area contributed by atoms with Crippen molar-refractivity contribution >= 4 is 29.3 Å². The average Bonchev–Trinajstić information content (AvgIpc) is 3.09. The van der Waals surface area contributed by atoms with Crippen LogP contribution in [0.15, 0.2) is 47.5 Å². The summed E-state index contributed by atoms with van der Waals surface area (Å²) in [6.07, 6.45) is -4.36. The molecule has 1 fully saturated rings. The smallest absolute Gasteiger partial charge is 0.383 e. The zero-order valence-electron chi connectivity index (χ0n) is 16.8. The number of carbonyl (C=O) groups excluding carboxylic acids is 2. The van der Waals surface area contributed by atoms with Gasteiger partial charge in [-0.2, -0.15) is 18.2 Å². The first kappa shape index (κ1) is 22.3. The zero-order chi connectivity index (χ0) is 23.0. The van der Waals surface area contributed by atoms with Crippen molar-refractivity contribution in [3.63, 3.8) is 0 Å². The van der Waals surface area contributed by atoms with E-state index < -0.39 is 17.9 Å². The Morgan fingerprint density at radius 2 is 1.91 bits per heavy atom. The number of rotatable bonds is 3. The van der Waals surface area contributed by atoms with Crippen molar-refractivity contribution in [3.05, 3.63) is 69.7 Å². The quantitative estimate of drug-likeness (QED) is 0.539. The number of halogens is 4. The summed E-state index contributed by atoms with van der Waals surface area (Å²) in [4.78, 5) is 29.1. The Kier molecular flexibility index (Phi) is 5.96. The molecule has 2 amide bonds. The molecule has 32 heavy (non-hydrogen) atoms. The molecule has 2 aliphatic rings. The molecule has 1 unspecified atom stereocenters. The average molecular weight is 465 g/mol. The number of nitrogens with zero attached hydrogens (tertiary/aromatic N) is 2. The Hall–Kier alpha value is -2.91. The Morgan fingerprint density at radius 3 is 2.59 bits per heavy atom. The number of nitrogens with one attached hydrogen (secondary N) is 1. The van der Waals surface area contributed by atoms with Gasteiger partial charge in [-0.3, -0.25) is 9.59 Å². The van der Waals surface area contributed by atoms with E-state index in [4.69, 9.17) is 17.3 Å². The predicted octanol–water partition coefficient (Wildman–Crippen LogP) is 3.24. The van der Waals surface area contributed by atoms with Crippen LogP contribution in [0.3, 0.4) is 0 Å². The highest BCUT2D eigenvalue weighted by Crippen LogP contribution is 2.34. The molecule has 0 aliphatic carbocycles. The molecule has 1 saturated heterocycles. The van der Waals surface area contributed by atoms with E-state index in [0.29, 0.717) is 23.7 Å². The van der Waals surface area contributed by atoms with Crippen LogP contribution in [0.2, 0.25) is 5.02 Å². The van der Waals surface area contributed by atoms with Gasteiger partial charge in [-0.15, -0.1) is 0 Å². The van der Waals surface area contributed by atoms with Gasteiger partial charge < -0.3 is 16.0 Å². The molecule has 0 radical (unpaired) electrons. The Balaban J connectivity index is 1.59. The highest BCUT2D eigenvalue weighted by Gasteiger charge is 2.40. The Bertz CT molecular complexity index is 1090. The van der Waals surface area contributed by atoms with Crippen molar-refractivity contribution in [2.45, 2.75) is 31.1 Å². The van der Waals surface area contributed by atoms with Crippen molar-refractivity contribution in [1.82, 2.24) is 10.2 Å². The molecular formula is C22H20ClF3N4O2. The summed E-state index contributed by atoms with van der Waals surface area (Å²) < 4.78 is 37.4. The first-order chi connectivity index (χ1) is 15.1. The molecule has 168 valence electrons. The van der Waals surface area contributed by atoms with Gasteiger partial charge in [0.05, 0.1) is 0 Å². The molecule has 6 nitrogen and oxygen atoms in total. The predicted molar refractivity (Wildman–Crippen MR) is 114 cm³/mol. The number of hydrogen-bond acceptors (Lipinski definition) is 3. The Morgan fingerprint density at radius 1 is 1.19 bits per heavy atom. The van der Waals surface area contributed by atoms with Crippen LogP contribution in [0, 0.1) is 0 Å². The number of benzene rings is 2. The van der Waals surface area contributed by atoms with Gasteiger partial charge in [-0.1, -0.05) is 35.9 Å². The second-order valence-corrected chi connectivity index (χ2v) is 8.26. The third kappa shape index (κ3) is 4.35. The van der Waals surface area contributed by atoms with Gasteiger partial charge in [-0.05, 0) is 42.3 Å². The highest BCUT2D eigenvalue weighted by atomic mass is 35.5. The number of carbonyl (C=O) groups is 2. The lowest BCUT2D eigenvalue weighted by Gasteiger charge is -2.38. The Labute approximate surface area is 187 Å². The number of fused-ring (bicyclic) bond motifs is 1. The third-order valence-electron chi connectivity index (χ3n) is 5.85. The van der Waals surface area contributed by atoms with Crippen molar-refractivity contribution in [2.24, 2.45) is 10.7 Å². The maximum Gasteiger partial charge on any atom is 0.473 e. The van der Waals surface area contributed by atoms with Gasteiger partial charge >= 0.3 is 12.1 Å². The van der Waals surface area contributed by atoms with Crippen LogP contribution in [0.4, 0.5) is 13.2 Å². The van der Waals surface area contributed by atoms with E-state index in [1.54, 1.807) is 11.0 Å². The zero-order valence-corrected chi connectivity index (χ0v) is 17.6. The lowest BCUT2D eigenvalue weighted by molar-refractivity contribution is -0.169. The van der Waals surface area contributed by atoms with Crippen LogP contribution in [0.1, 0.15) is 39.4 Å². The highest BCUT2D eigenvalue weighted by molar-refractivity contribution is 6.30. The second kappa shape index (κ2) is 8.55. The number of amidine groups is 1. The summed E-state index contributed by atoms with van der Waals surface area (Å²) in [6, 6.07) is 12.0. The number of hydrogen-bond donors (Lipinski definition) is 2. The minimum absolute atomic E-state index is 0.0569. The summed E-state index contributed by atoms with van der Waals surface area (Å²) in [5.41, 5.74) is 7.87. The van der Waals surface area contributed by atoms with Crippen LogP contribution in [0.25, 0.3) is 0 Å². The molecule has 0 aromatic heterocycles. The number of amides is 2. The maximum atomic E-state index is 13.2. The summed E-state index contributed by atoms with van der Waals surface area (Å²) in [5, 5.41) is 4.00. The van der Waals surface area contributed by atoms with Crippen LogP contribution < -0.4 is 11.1 Å². The standard InChI is InChI=1S/C22H20ClF3N4O2/c23-15-5-3-12(4-6-15)17-10-28-8-7-18(17)30-11-14-2-1-13(9-16(14)20(30)31)19(27)29-21(32)22(24,25)26/h1-6,9,17-18,28H,7-8,10-11H2,(H2,27,29,32)/t17-,18?/m1/s1. The topological polar surface area (TPSA) is 87.8 Å². The number of nitrogens with two attached hydrogens (primary N) is 1. The normalized spacial score (nSPS) is 21.6. The molecule has 0 spiro atoms. The van der Waals surface area contributed by atoms with Crippen LogP contribution in [-0.2, 0) is 11.3 Å². The molecule has 4 rings (SSSR count). The van der Waals surface area contributed by atoms with Gasteiger partial charge in [0.1, 0.15) is 5.84 Å². The van der Waals surface area contributed by atoms with Gasteiger partial charge in [0.2, 0.25) is 0 Å². The first-order valence-electron chi connectivity index (χ1n) is 10.0. The second-order valence-electron chi connectivity index (χ2n) is 7.82. The fourth-order valence-corrected chi connectivity index (χ4v) is 4.38. The van der Waals surface area contributed by atoms with Crippen molar-refractivity contribution < 1.29 is 22.8 Å². The lowest BCUT2D eigenvalue weighted by Crippen LogP contribution is -2.48. The van der Waals surface area contributed by atoms with E-state index in [2.05, 4.69) is 10.3 Å². The van der Waals surface area contributed by atoms with E-state index in [1.807, 2.05) is 24.3 Å². The largest absolute Gasteiger partial charge is 0.473 e. The van der Waals surface area contributed by atoms with Gasteiger partial charge in [-0.25, -0.2) is 0 Å². The molecule has 2 aromatic rings. The monoisotopic (exact) mass is 464 g/mol. The molecule has 0 bridgehead atoms. The van der Waals surface area contributed by atoms with E-state index in [9.17, 15) is 22.8 Å². The molecular weight excluding hydrogens is 445 g/mol. The van der Waals surface area contributed by atoms with Crippen molar-refractivity contribution in [2.75, 3.05) is 13.1 Å². The fourth-order valence-electron chi connectivity index (χ4n) is 4.26. The summed E-state index contributed by atoms with van der Waals surface area (Å²) in [7, 11) is 0. The number of aliphatic imine (C=N–C) groups is 1. The molecule has 2 aromatic carbocycles. The van der Waals surface area contributed by atoms with E-state index in [-0.39, 0.29) is 23.4 Å². The molecule has 2 atom stereocenters. The third-order valence-corrected chi connectivity index (χ3v) is 6.10. The van der Waals surface area contributed by atoms with Gasteiger partial charge in [0.25, 0.3) is 5.91 Å². The summed E-state index contributed by atoms with van der Waals surface area (Å²) in [5.74, 6) is -3.02. The first-order valence-corrected chi connectivity index (χ1v) is 10.4. The van der Waals surface area contributed by atoms with Gasteiger partial charge in [0.15, 0.2) is 0 Å². The number of piperidine rings is 1. The van der Waals surface area contributed by atoms with Crippen LogP contribution in [-0.4, -0.2) is 47.9 Å². The minimum Gasteiger partial charge on any atom is -0.383 e. The molecule has 10 heteroatoms.